The van der Waals surface area contributed by atoms with Gasteiger partial charge in [0.25, 0.3) is 0 Å². The predicted octanol–water partition coefficient (Wildman–Crippen LogP) is 2.40. The number of carbonyl (C=O) groups is 1. The minimum Gasteiger partial charge on any atom is -0.376 e. The Labute approximate surface area is 114 Å². The van der Waals surface area contributed by atoms with Crippen LogP contribution in [-0.2, 0) is 16.0 Å². The van der Waals surface area contributed by atoms with E-state index in [9.17, 15) is 4.79 Å². The van der Waals surface area contributed by atoms with E-state index in [0.717, 1.165) is 38.7 Å². The molecule has 3 rings (SSSR count). The molecule has 1 N–H and O–H groups in total. The maximum Gasteiger partial charge on any atom is 0.227 e. The Morgan fingerprint density at radius 3 is 3.00 bits per heavy atom. The number of hydrogen-bond donors (Lipinski definition) is 1. The fraction of sp³-hybridized carbons (Fsp3) is 0.562. The molecule has 0 aromatic heterocycles. The summed E-state index contributed by atoms with van der Waals surface area (Å²) in [5.74, 6) is 0.203. The molecule has 1 heterocycles. The summed E-state index contributed by atoms with van der Waals surface area (Å²) < 4.78 is 5.55. The average Bonchev–Trinajstić information content (AvgIpc) is 2.97. The molecule has 1 aliphatic carbocycles. The lowest BCUT2D eigenvalue weighted by atomic mass is 9.82. The Balaban J connectivity index is 1.64. The molecule has 0 radical (unpaired) electrons. The molecular weight excluding hydrogens is 238 g/mol. The van der Waals surface area contributed by atoms with Crippen LogP contribution in [0.25, 0.3) is 0 Å². The minimum atomic E-state index is 0.0337. The van der Waals surface area contributed by atoms with Crippen LogP contribution in [0.2, 0.25) is 0 Å². The topological polar surface area (TPSA) is 38.3 Å². The van der Waals surface area contributed by atoms with Crippen LogP contribution in [0, 0.1) is 0 Å². The van der Waals surface area contributed by atoms with E-state index in [0.29, 0.717) is 6.54 Å². The van der Waals surface area contributed by atoms with E-state index in [1.807, 2.05) is 6.07 Å². The van der Waals surface area contributed by atoms with E-state index < -0.39 is 0 Å². The number of amides is 1. The zero-order valence-electron chi connectivity index (χ0n) is 11.2. The smallest absolute Gasteiger partial charge is 0.227 e. The van der Waals surface area contributed by atoms with Gasteiger partial charge >= 0.3 is 0 Å². The molecule has 1 aromatic carbocycles. The van der Waals surface area contributed by atoms with Crippen molar-refractivity contribution in [3.05, 3.63) is 35.4 Å². The summed E-state index contributed by atoms with van der Waals surface area (Å²) >= 11 is 0. The molecular formula is C16H21NO2. The third-order valence-electron chi connectivity index (χ3n) is 4.21. The first-order valence-corrected chi connectivity index (χ1v) is 7.32. The molecule has 1 fully saturated rings. The number of nitrogens with one attached hydrogen (secondary N) is 1. The van der Waals surface area contributed by atoms with Gasteiger partial charge in [0.15, 0.2) is 0 Å². The maximum atomic E-state index is 12.4. The van der Waals surface area contributed by atoms with Crippen molar-refractivity contribution in [3.63, 3.8) is 0 Å². The lowest BCUT2D eigenvalue weighted by Gasteiger charge is -2.25. The fourth-order valence-corrected chi connectivity index (χ4v) is 3.17. The van der Waals surface area contributed by atoms with Gasteiger partial charge in [-0.2, -0.15) is 0 Å². The van der Waals surface area contributed by atoms with Crippen LogP contribution in [0.15, 0.2) is 24.3 Å². The summed E-state index contributed by atoms with van der Waals surface area (Å²) in [5, 5.41) is 3.07. The molecule has 0 spiro atoms. The fourth-order valence-electron chi connectivity index (χ4n) is 3.17. The summed E-state index contributed by atoms with van der Waals surface area (Å²) in [6.45, 7) is 1.50. The van der Waals surface area contributed by atoms with Gasteiger partial charge in [0.2, 0.25) is 5.91 Å². The molecule has 2 atom stereocenters. The summed E-state index contributed by atoms with van der Waals surface area (Å²) in [6, 6.07) is 8.34. The van der Waals surface area contributed by atoms with E-state index in [4.69, 9.17) is 4.74 Å². The summed E-state index contributed by atoms with van der Waals surface area (Å²) in [5.41, 5.74) is 2.56. The van der Waals surface area contributed by atoms with E-state index >= 15 is 0 Å². The Morgan fingerprint density at radius 1 is 1.26 bits per heavy atom. The molecule has 2 aliphatic rings. The number of hydrogen-bond acceptors (Lipinski definition) is 2. The molecule has 1 saturated heterocycles. The summed E-state index contributed by atoms with van der Waals surface area (Å²) in [6.07, 6.45) is 5.59. The van der Waals surface area contributed by atoms with Crippen molar-refractivity contribution in [1.29, 1.82) is 0 Å². The molecule has 0 saturated carbocycles. The van der Waals surface area contributed by atoms with E-state index in [1.54, 1.807) is 0 Å². The lowest BCUT2D eigenvalue weighted by Crippen LogP contribution is -2.36. The highest BCUT2D eigenvalue weighted by atomic mass is 16.5. The SMILES string of the molecule is O=C(NCC1CCCO1)C1CCCc2ccccc21. The Bertz CT molecular complexity index is 452. The van der Waals surface area contributed by atoms with Crippen LogP contribution in [-0.4, -0.2) is 25.2 Å². The van der Waals surface area contributed by atoms with Crippen molar-refractivity contribution in [2.45, 2.75) is 44.1 Å². The quantitative estimate of drug-likeness (QED) is 0.905. The van der Waals surface area contributed by atoms with Gasteiger partial charge in [-0.25, -0.2) is 0 Å². The van der Waals surface area contributed by atoms with Crippen molar-refractivity contribution in [1.82, 2.24) is 5.32 Å². The highest BCUT2D eigenvalue weighted by Gasteiger charge is 2.26. The second kappa shape index (κ2) is 5.74. The van der Waals surface area contributed by atoms with Gasteiger partial charge in [0.05, 0.1) is 12.0 Å². The van der Waals surface area contributed by atoms with E-state index in [2.05, 4.69) is 23.5 Å². The number of aryl methyl sites for hydroxylation is 1. The van der Waals surface area contributed by atoms with Gasteiger partial charge in [0, 0.05) is 13.2 Å². The maximum absolute atomic E-state index is 12.4. The highest BCUT2D eigenvalue weighted by molar-refractivity contribution is 5.84. The van der Waals surface area contributed by atoms with Gasteiger partial charge in [-0.05, 0) is 43.2 Å². The molecule has 1 aromatic rings. The Kier molecular flexibility index (Phi) is 3.83. The highest BCUT2D eigenvalue weighted by Crippen LogP contribution is 2.31. The van der Waals surface area contributed by atoms with Crippen molar-refractivity contribution in [2.24, 2.45) is 0 Å². The number of rotatable bonds is 3. The largest absolute Gasteiger partial charge is 0.376 e. The van der Waals surface area contributed by atoms with Crippen LogP contribution < -0.4 is 5.32 Å². The second-order valence-electron chi connectivity index (χ2n) is 5.52. The molecule has 1 aliphatic heterocycles. The Hall–Kier alpha value is -1.35. The zero-order chi connectivity index (χ0) is 13.1. The monoisotopic (exact) mass is 259 g/mol. The van der Waals surface area contributed by atoms with Gasteiger partial charge in [-0.3, -0.25) is 4.79 Å². The van der Waals surface area contributed by atoms with Gasteiger partial charge < -0.3 is 10.1 Å². The first kappa shape index (κ1) is 12.7. The average molecular weight is 259 g/mol. The first-order chi connectivity index (χ1) is 9.34. The van der Waals surface area contributed by atoms with Crippen LogP contribution >= 0.6 is 0 Å². The minimum absolute atomic E-state index is 0.0337. The third-order valence-corrected chi connectivity index (χ3v) is 4.21. The Morgan fingerprint density at radius 2 is 2.16 bits per heavy atom. The van der Waals surface area contributed by atoms with Crippen molar-refractivity contribution < 1.29 is 9.53 Å². The van der Waals surface area contributed by atoms with Crippen molar-refractivity contribution >= 4 is 5.91 Å². The van der Waals surface area contributed by atoms with Crippen LogP contribution in [0.1, 0.15) is 42.7 Å². The van der Waals surface area contributed by atoms with Gasteiger partial charge in [0.1, 0.15) is 0 Å². The van der Waals surface area contributed by atoms with Crippen LogP contribution in [0.4, 0.5) is 0 Å². The summed E-state index contributed by atoms with van der Waals surface area (Å²) in [7, 11) is 0. The number of ether oxygens (including phenoxy) is 1. The van der Waals surface area contributed by atoms with Gasteiger partial charge in [-0.1, -0.05) is 24.3 Å². The second-order valence-corrected chi connectivity index (χ2v) is 5.52. The van der Waals surface area contributed by atoms with E-state index in [1.165, 1.54) is 11.1 Å². The molecule has 3 nitrogen and oxygen atoms in total. The molecule has 1 amide bonds. The van der Waals surface area contributed by atoms with E-state index in [-0.39, 0.29) is 17.9 Å². The predicted molar refractivity (Wildman–Crippen MR) is 74.1 cm³/mol. The van der Waals surface area contributed by atoms with Crippen molar-refractivity contribution in [3.8, 4) is 0 Å². The zero-order valence-corrected chi connectivity index (χ0v) is 11.2. The van der Waals surface area contributed by atoms with Crippen LogP contribution in [0.5, 0.6) is 0 Å². The van der Waals surface area contributed by atoms with Crippen LogP contribution in [0.3, 0.4) is 0 Å². The first-order valence-electron chi connectivity index (χ1n) is 7.32. The normalized spacial score (nSPS) is 25.9. The third kappa shape index (κ3) is 2.81. The standard InChI is InChI=1S/C16H21NO2/c18-16(17-11-13-7-4-10-19-13)15-9-3-6-12-5-1-2-8-14(12)15/h1-2,5,8,13,15H,3-4,6-7,9-11H2,(H,17,18). The molecule has 19 heavy (non-hydrogen) atoms. The number of benzene rings is 1. The lowest BCUT2D eigenvalue weighted by molar-refractivity contribution is -0.123. The summed E-state index contributed by atoms with van der Waals surface area (Å²) in [4.78, 5) is 12.4. The number of carbonyl (C=O) groups excluding carboxylic acids is 1. The number of fused-ring (bicyclic) bond motifs is 1. The van der Waals surface area contributed by atoms with Gasteiger partial charge in [-0.15, -0.1) is 0 Å². The molecule has 2 unspecified atom stereocenters. The van der Waals surface area contributed by atoms with Crippen molar-refractivity contribution in [2.75, 3.05) is 13.2 Å². The molecule has 3 heteroatoms. The molecule has 102 valence electrons. The molecule has 0 bridgehead atoms.